The maximum atomic E-state index is 14.2. The predicted molar refractivity (Wildman–Crippen MR) is 136 cm³/mol. The molecule has 1 unspecified atom stereocenters. The summed E-state index contributed by atoms with van der Waals surface area (Å²) in [4.78, 5) is 25.9. The van der Waals surface area contributed by atoms with Crippen LogP contribution in [0.3, 0.4) is 0 Å². The van der Waals surface area contributed by atoms with Crippen molar-refractivity contribution in [3.05, 3.63) is 62.6 Å². The predicted octanol–water partition coefficient (Wildman–Crippen LogP) is 4.43. The molecule has 3 rings (SSSR count). The monoisotopic (exact) mass is 596 g/mol. The zero-order valence-corrected chi connectivity index (χ0v) is 22.4. The van der Waals surface area contributed by atoms with Crippen LogP contribution < -0.4 is 11.1 Å². The molecule has 1 atom stereocenters. The van der Waals surface area contributed by atoms with Crippen molar-refractivity contribution in [3.63, 3.8) is 0 Å². The number of anilines is 1. The van der Waals surface area contributed by atoms with Gasteiger partial charge in [-0.15, -0.1) is 0 Å². The van der Waals surface area contributed by atoms with Crippen LogP contribution in [0.5, 0.6) is 0 Å². The first-order chi connectivity index (χ1) is 17.6. The molecule has 2 aromatic rings. The zero-order chi connectivity index (χ0) is 28.4. The second-order valence-electron chi connectivity index (χ2n) is 8.69. The average molecular weight is 597 g/mol. The molecule has 208 valence electrons. The number of hydrogen-bond donors (Lipinski definition) is 3. The Balaban J connectivity index is 2.04. The van der Waals surface area contributed by atoms with Crippen molar-refractivity contribution in [1.29, 1.82) is 0 Å². The van der Waals surface area contributed by atoms with Crippen molar-refractivity contribution >= 4 is 50.9 Å². The number of carbonyl (C=O) groups excluding carboxylic acids is 1. The molecule has 38 heavy (non-hydrogen) atoms. The third-order valence-electron chi connectivity index (χ3n) is 6.07. The maximum Gasteiger partial charge on any atom is 0.416 e. The van der Waals surface area contributed by atoms with Gasteiger partial charge in [-0.05, 0) is 42.7 Å². The summed E-state index contributed by atoms with van der Waals surface area (Å²) in [6.07, 6.45) is -5.83. The summed E-state index contributed by atoms with van der Waals surface area (Å²) in [5, 5.41) is 10.9. The lowest BCUT2D eigenvalue weighted by Crippen LogP contribution is -2.38. The number of rotatable bonds is 8. The first-order valence-electron chi connectivity index (χ1n) is 11.3. The summed E-state index contributed by atoms with van der Waals surface area (Å²) in [7, 11) is -4.24. The van der Waals surface area contributed by atoms with E-state index in [1.807, 2.05) is 0 Å². The summed E-state index contributed by atoms with van der Waals surface area (Å²) < 4.78 is 68.5. The lowest BCUT2D eigenvalue weighted by molar-refractivity contribution is -0.138. The Labute approximate surface area is 227 Å². The number of nitrogens with one attached hydrogen (secondary N) is 1. The zero-order valence-electron chi connectivity index (χ0n) is 20.1. The lowest BCUT2D eigenvalue weighted by atomic mass is 10.00. The van der Waals surface area contributed by atoms with Gasteiger partial charge in [0.2, 0.25) is 10.0 Å². The van der Waals surface area contributed by atoms with Crippen LogP contribution in [0.15, 0.2) is 30.3 Å². The first kappa shape index (κ1) is 29.8. The van der Waals surface area contributed by atoms with E-state index in [2.05, 4.69) is 5.32 Å². The summed E-state index contributed by atoms with van der Waals surface area (Å²) in [5.74, 6) is -1.77. The quantitative estimate of drug-likeness (QED) is 0.384. The highest BCUT2D eigenvalue weighted by Gasteiger charge is 2.39. The van der Waals surface area contributed by atoms with Gasteiger partial charge >= 0.3 is 12.3 Å². The Hall–Kier alpha value is -2.74. The van der Waals surface area contributed by atoms with E-state index in [4.69, 9.17) is 34.0 Å². The lowest BCUT2D eigenvalue weighted by Gasteiger charge is -2.26. The van der Waals surface area contributed by atoms with Gasteiger partial charge in [0.1, 0.15) is 0 Å². The van der Waals surface area contributed by atoms with Crippen molar-refractivity contribution in [1.82, 2.24) is 14.5 Å². The van der Waals surface area contributed by atoms with Gasteiger partial charge in [0, 0.05) is 30.7 Å². The Bertz CT molecular complexity index is 1340. The van der Waals surface area contributed by atoms with Gasteiger partial charge in [-0.1, -0.05) is 35.3 Å². The maximum absolute atomic E-state index is 14.2. The van der Waals surface area contributed by atoms with Crippen LogP contribution in [0.25, 0.3) is 0 Å². The number of likely N-dealkylation sites (tertiary alicyclic amines) is 1. The Kier molecular flexibility index (Phi) is 9.07. The fraction of sp³-hybridized carbons (Fsp3) is 0.391. The molecule has 0 aliphatic carbocycles. The third-order valence-corrected chi connectivity index (χ3v) is 8.43. The molecule has 4 N–H and O–H groups in total. The Morgan fingerprint density at radius 2 is 1.95 bits per heavy atom. The largest absolute Gasteiger partial charge is 0.465 e. The number of hydrogen-bond acceptors (Lipinski definition) is 6. The van der Waals surface area contributed by atoms with Crippen LogP contribution in [0, 0.1) is 0 Å². The van der Waals surface area contributed by atoms with Gasteiger partial charge in [0.25, 0.3) is 5.91 Å². The first-order valence-corrected chi connectivity index (χ1v) is 13.7. The summed E-state index contributed by atoms with van der Waals surface area (Å²) in [6.45, 7) is 0.922. The minimum Gasteiger partial charge on any atom is -0.465 e. The van der Waals surface area contributed by atoms with Gasteiger partial charge in [-0.2, -0.15) is 13.2 Å². The summed E-state index contributed by atoms with van der Waals surface area (Å²) in [5.41, 5.74) is 3.51. The van der Waals surface area contributed by atoms with Gasteiger partial charge in [0.15, 0.2) is 0 Å². The van der Waals surface area contributed by atoms with Gasteiger partial charge < -0.3 is 16.2 Å². The number of alkyl halides is 3. The molecule has 0 spiro atoms. The fourth-order valence-electron chi connectivity index (χ4n) is 4.17. The van der Waals surface area contributed by atoms with Crippen LogP contribution in [0.1, 0.15) is 40.4 Å². The van der Waals surface area contributed by atoms with Crippen LogP contribution in [0.4, 0.5) is 23.7 Å². The van der Waals surface area contributed by atoms with E-state index >= 15 is 0 Å². The van der Waals surface area contributed by atoms with Crippen LogP contribution in [-0.4, -0.2) is 59.6 Å². The summed E-state index contributed by atoms with van der Waals surface area (Å²) in [6, 6.07) is 6.06. The van der Waals surface area contributed by atoms with Gasteiger partial charge in [0.05, 0.1) is 34.1 Å². The molecule has 0 radical (unpaired) electrons. The van der Waals surface area contributed by atoms with E-state index in [9.17, 15) is 31.2 Å². The highest BCUT2D eigenvalue weighted by Crippen LogP contribution is 2.41. The van der Waals surface area contributed by atoms with Crippen LogP contribution in [0.2, 0.25) is 10.0 Å². The molecule has 15 heteroatoms. The average Bonchev–Trinajstić information content (AvgIpc) is 3.25. The number of nitrogen functional groups attached to an aromatic ring is 1. The number of sulfonamides is 1. The fourth-order valence-corrected chi connectivity index (χ4v) is 5.66. The molecule has 0 aromatic heterocycles. The van der Waals surface area contributed by atoms with Crippen molar-refractivity contribution in [3.8, 4) is 0 Å². The molecule has 1 aliphatic rings. The topological polar surface area (TPSA) is 133 Å². The highest BCUT2D eigenvalue weighted by atomic mass is 35.5. The minimum atomic E-state index is -4.96. The van der Waals surface area contributed by atoms with Gasteiger partial charge in [-0.25, -0.2) is 17.5 Å². The number of carbonyl (C=O) groups is 2. The Morgan fingerprint density at radius 1 is 1.26 bits per heavy atom. The van der Waals surface area contributed by atoms with Gasteiger partial charge in [-0.3, -0.25) is 9.69 Å². The molecular weight excluding hydrogens is 572 g/mol. The number of nitrogens with zero attached hydrogens (tertiary/aromatic N) is 2. The van der Waals surface area contributed by atoms with Crippen LogP contribution >= 0.6 is 23.2 Å². The van der Waals surface area contributed by atoms with Crippen molar-refractivity contribution in [2.45, 2.75) is 38.7 Å². The molecule has 0 saturated carbocycles. The van der Waals surface area contributed by atoms with E-state index in [1.54, 1.807) is 4.90 Å². The number of carboxylic acid groups (broad SMARTS) is 1. The molecule has 2 amide bonds. The SMILES string of the molecule is CCS(=O)(=O)N(Cc1cccc(Cl)c1)C(=O)c1cc(C(F)(F)F)c(CN2CCC(NC(=O)O)C2)c(Cl)c1N. The minimum absolute atomic E-state index is 0.142. The molecule has 9 nitrogen and oxygen atoms in total. The standard InChI is InChI=1S/C23H25Cl2F3N4O5S/c1-2-38(36,37)32(10-13-4-3-5-14(24)8-13)21(33)16-9-18(23(26,27)28)17(19(25)20(16)29)12-31-7-6-15(11-31)30-22(34)35/h3-5,8-9,15,30H,2,6-7,10-12,29H2,1H3,(H,34,35). The molecule has 1 aliphatic heterocycles. The highest BCUT2D eigenvalue weighted by molar-refractivity contribution is 7.89. The second kappa shape index (κ2) is 11.6. The van der Waals surface area contributed by atoms with Crippen molar-refractivity contribution in [2.75, 3.05) is 24.6 Å². The molecular formula is C23H25Cl2F3N4O5S. The van der Waals surface area contributed by atoms with E-state index in [1.165, 1.54) is 31.2 Å². The molecule has 2 aromatic carbocycles. The number of nitrogens with two attached hydrogens (primary N) is 1. The molecule has 1 saturated heterocycles. The van der Waals surface area contributed by atoms with E-state index in [0.29, 0.717) is 28.9 Å². The molecule has 0 bridgehead atoms. The Morgan fingerprint density at radius 3 is 2.53 bits per heavy atom. The number of halogens is 5. The molecule has 1 heterocycles. The molecule has 1 fully saturated rings. The number of benzene rings is 2. The van der Waals surface area contributed by atoms with Crippen molar-refractivity contribution in [2.24, 2.45) is 0 Å². The van der Waals surface area contributed by atoms with E-state index in [-0.39, 0.29) is 18.1 Å². The van der Waals surface area contributed by atoms with Crippen LogP contribution in [-0.2, 0) is 29.3 Å². The smallest absolute Gasteiger partial charge is 0.416 e. The summed E-state index contributed by atoms with van der Waals surface area (Å²) >= 11 is 12.2. The van der Waals surface area contributed by atoms with E-state index < -0.39 is 73.9 Å². The normalized spacial score (nSPS) is 16.4. The number of amides is 2. The van der Waals surface area contributed by atoms with Crippen molar-refractivity contribution < 1.29 is 36.3 Å². The van der Waals surface area contributed by atoms with E-state index in [0.717, 1.165) is 0 Å². The second-order valence-corrected chi connectivity index (χ2v) is 11.7. The third kappa shape index (κ3) is 6.82.